The maximum atomic E-state index is 12.7. The highest BCUT2D eigenvalue weighted by molar-refractivity contribution is 6.22. The van der Waals surface area contributed by atoms with Crippen LogP contribution in [0.25, 0.3) is 32.7 Å². The van der Waals surface area contributed by atoms with Crippen molar-refractivity contribution in [1.82, 2.24) is 0 Å². The second-order valence-electron chi connectivity index (χ2n) is 7.42. The van der Waals surface area contributed by atoms with Gasteiger partial charge in [-0.25, -0.2) is 14.4 Å². The molecule has 0 amide bonds. The molecule has 2 aromatic heterocycles. The zero-order chi connectivity index (χ0) is 24.6. The summed E-state index contributed by atoms with van der Waals surface area (Å²) in [5, 5.41) is 59.7. The van der Waals surface area contributed by atoms with Gasteiger partial charge in [0.1, 0.15) is 5.56 Å². The van der Waals surface area contributed by atoms with E-state index in [2.05, 4.69) is 0 Å². The Balaban J connectivity index is 1.89. The van der Waals surface area contributed by atoms with E-state index < -0.39 is 74.2 Å². The molecule has 12 heteroatoms. The van der Waals surface area contributed by atoms with Crippen LogP contribution in [0.5, 0.6) is 40.2 Å². The quantitative estimate of drug-likeness (QED) is 0.128. The van der Waals surface area contributed by atoms with Gasteiger partial charge in [-0.3, -0.25) is 0 Å². The molecular formula is C22H12O12. The number of carboxylic acid groups (broad SMARTS) is 1. The number of phenols is 5. The van der Waals surface area contributed by atoms with Gasteiger partial charge in [-0.2, -0.15) is 0 Å². The number of ether oxygens (including phenoxy) is 1. The Morgan fingerprint density at radius 1 is 0.794 bits per heavy atom. The molecule has 0 bridgehead atoms. The van der Waals surface area contributed by atoms with E-state index in [4.69, 9.17) is 13.6 Å². The predicted octanol–water partition coefficient (Wildman–Crippen LogP) is 2.82. The Hall–Kier alpha value is -5.13. The van der Waals surface area contributed by atoms with Crippen LogP contribution in [0.15, 0.2) is 36.6 Å². The molecule has 0 aliphatic heterocycles. The summed E-state index contributed by atoms with van der Waals surface area (Å²) in [5.41, 5.74) is -3.80. The first kappa shape index (κ1) is 20.8. The fraction of sp³-hybridized carbons (Fsp3) is 0.0455. The summed E-state index contributed by atoms with van der Waals surface area (Å²) < 4.78 is 15.6. The van der Waals surface area contributed by atoms with Crippen molar-refractivity contribution in [1.29, 1.82) is 0 Å². The van der Waals surface area contributed by atoms with Gasteiger partial charge in [-0.05, 0) is 24.6 Å². The predicted molar refractivity (Wildman–Crippen MR) is 114 cm³/mol. The van der Waals surface area contributed by atoms with E-state index in [0.29, 0.717) is 0 Å². The molecule has 0 saturated carbocycles. The molecule has 5 rings (SSSR count). The van der Waals surface area contributed by atoms with Crippen molar-refractivity contribution < 1.29 is 49.0 Å². The largest absolute Gasteiger partial charge is 0.504 e. The number of carbonyl (C=O) groups is 1. The highest BCUT2D eigenvalue weighted by Gasteiger charge is 2.28. The maximum absolute atomic E-state index is 12.7. The molecule has 0 fully saturated rings. The third-order valence-corrected chi connectivity index (χ3v) is 5.40. The molecule has 2 heterocycles. The molecular weight excluding hydrogens is 456 g/mol. The number of benzene rings is 3. The van der Waals surface area contributed by atoms with Crippen molar-refractivity contribution in [2.75, 3.05) is 0 Å². The lowest BCUT2D eigenvalue weighted by molar-refractivity contribution is 0.0693. The van der Waals surface area contributed by atoms with Gasteiger partial charge in [0.25, 0.3) is 0 Å². The third-order valence-electron chi connectivity index (χ3n) is 5.40. The number of hydrogen-bond donors (Lipinski definition) is 6. The topological polar surface area (TPSA) is 208 Å². The smallest absolute Gasteiger partial charge is 0.344 e. The van der Waals surface area contributed by atoms with E-state index in [1.165, 1.54) is 6.92 Å². The van der Waals surface area contributed by atoms with Crippen LogP contribution < -0.4 is 16.0 Å². The van der Waals surface area contributed by atoms with E-state index in [-0.39, 0.29) is 27.1 Å². The maximum Gasteiger partial charge on any atom is 0.344 e. The summed E-state index contributed by atoms with van der Waals surface area (Å²) in [6, 6.07) is 2.85. The van der Waals surface area contributed by atoms with Gasteiger partial charge in [0, 0.05) is 16.8 Å². The lowest BCUT2D eigenvalue weighted by Crippen LogP contribution is -2.07. The summed E-state index contributed by atoms with van der Waals surface area (Å²) >= 11 is 0. The molecule has 0 aliphatic carbocycles. The molecule has 12 nitrogen and oxygen atoms in total. The van der Waals surface area contributed by atoms with Gasteiger partial charge < -0.3 is 44.2 Å². The lowest BCUT2D eigenvalue weighted by atomic mass is 10.0. The van der Waals surface area contributed by atoms with Crippen LogP contribution in [0.2, 0.25) is 0 Å². The zero-order valence-electron chi connectivity index (χ0n) is 16.9. The number of phenolic OH excluding ortho intramolecular Hbond substituents is 5. The van der Waals surface area contributed by atoms with Gasteiger partial charge >= 0.3 is 17.2 Å². The number of hydrogen-bond acceptors (Lipinski definition) is 11. The first-order chi connectivity index (χ1) is 16.0. The van der Waals surface area contributed by atoms with Crippen molar-refractivity contribution in [2.45, 2.75) is 6.92 Å². The molecule has 0 saturated heterocycles. The van der Waals surface area contributed by atoms with E-state index in [0.717, 1.165) is 18.2 Å². The van der Waals surface area contributed by atoms with Gasteiger partial charge in [0.05, 0.1) is 10.8 Å². The van der Waals surface area contributed by atoms with E-state index in [9.17, 15) is 45.0 Å². The standard InChI is InChI=1S/C22H12O12/c1-5-2-8(20(28)29)17(16(27)13(5)24)32-10-4-7-12-11-6(21(30)34-19(12)15(10)26)3-9(23)14(25)18(11)33-22(7)31/h2-4,23-27H,1H3,(H,28,29). The summed E-state index contributed by atoms with van der Waals surface area (Å²) in [6.45, 7) is 1.34. The van der Waals surface area contributed by atoms with Gasteiger partial charge in [-0.1, -0.05) is 0 Å². The number of carboxylic acids is 1. The van der Waals surface area contributed by atoms with Gasteiger partial charge in [-0.15, -0.1) is 0 Å². The Kier molecular flexibility index (Phi) is 4.08. The van der Waals surface area contributed by atoms with Crippen LogP contribution in [0.4, 0.5) is 0 Å². The zero-order valence-corrected chi connectivity index (χ0v) is 16.9. The molecule has 172 valence electrons. The minimum absolute atomic E-state index is 0.0247. The second kappa shape index (κ2) is 6.68. The van der Waals surface area contributed by atoms with Crippen LogP contribution >= 0.6 is 0 Å². The minimum atomic E-state index is -1.54. The van der Waals surface area contributed by atoms with Crippen molar-refractivity contribution in [2.24, 2.45) is 0 Å². The van der Waals surface area contributed by atoms with Crippen LogP contribution in [0, 0.1) is 6.92 Å². The second-order valence-corrected chi connectivity index (χ2v) is 7.42. The Labute approximate surface area is 185 Å². The van der Waals surface area contributed by atoms with Crippen molar-refractivity contribution in [3.8, 4) is 40.2 Å². The Morgan fingerprint density at radius 3 is 1.94 bits per heavy atom. The highest BCUT2D eigenvalue weighted by atomic mass is 16.5. The van der Waals surface area contributed by atoms with Crippen LogP contribution in [0.3, 0.4) is 0 Å². The number of rotatable bonds is 3. The normalized spacial score (nSPS) is 11.6. The van der Waals surface area contributed by atoms with Crippen molar-refractivity contribution >= 4 is 38.7 Å². The van der Waals surface area contributed by atoms with E-state index in [1.807, 2.05) is 0 Å². The molecule has 0 radical (unpaired) electrons. The highest BCUT2D eigenvalue weighted by Crippen LogP contribution is 2.48. The number of aromatic hydroxyl groups is 5. The molecule has 5 aromatic rings. The van der Waals surface area contributed by atoms with Crippen LogP contribution in [0.1, 0.15) is 15.9 Å². The molecule has 34 heavy (non-hydrogen) atoms. The molecule has 0 atom stereocenters. The van der Waals surface area contributed by atoms with Crippen molar-refractivity contribution in [3.05, 3.63) is 50.2 Å². The first-order valence-corrected chi connectivity index (χ1v) is 9.41. The third kappa shape index (κ3) is 2.62. The lowest BCUT2D eigenvalue weighted by Gasteiger charge is -2.16. The average Bonchev–Trinajstić information content (AvgIpc) is 2.78. The average molecular weight is 468 g/mol. The van der Waals surface area contributed by atoms with Crippen molar-refractivity contribution in [3.63, 3.8) is 0 Å². The van der Waals surface area contributed by atoms with Gasteiger partial charge in [0.15, 0.2) is 34.2 Å². The summed E-state index contributed by atoms with van der Waals surface area (Å²) in [5.74, 6) is -6.96. The fourth-order valence-electron chi connectivity index (χ4n) is 3.79. The summed E-state index contributed by atoms with van der Waals surface area (Å²) in [7, 11) is 0. The SMILES string of the molecule is Cc1cc(C(=O)O)c(Oc2cc3c(=O)oc4c(O)c(O)cc5c(=O)oc(c2O)c3c45)c(O)c1O. The van der Waals surface area contributed by atoms with E-state index >= 15 is 0 Å². The molecule has 0 aliphatic rings. The molecule has 3 aromatic carbocycles. The van der Waals surface area contributed by atoms with Crippen LogP contribution in [-0.4, -0.2) is 36.6 Å². The molecule has 0 spiro atoms. The summed E-state index contributed by atoms with van der Waals surface area (Å²) in [6.07, 6.45) is 0. The minimum Gasteiger partial charge on any atom is -0.504 e. The van der Waals surface area contributed by atoms with Crippen LogP contribution in [-0.2, 0) is 0 Å². The fourth-order valence-corrected chi connectivity index (χ4v) is 3.79. The first-order valence-electron chi connectivity index (χ1n) is 9.41. The Bertz CT molecular complexity index is 1810. The monoisotopic (exact) mass is 468 g/mol. The Morgan fingerprint density at radius 2 is 1.35 bits per heavy atom. The number of aryl methyl sites for hydroxylation is 1. The summed E-state index contributed by atoms with van der Waals surface area (Å²) in [4.78, 5) is 36.8. The number of aromatic carboxylic acids is 1. The molecule has 0 unspecified atom stereocenters. The van der Waals surface area contributed by atoms with E-state index in [1.54, 1.807) is 0 Å². The van der Waals surface area contributed by atoms with Gasteiger partial charge in [0.2, 0.25) is 17.2 Å². The molecule has 6 N–H and O–H groups in total.